The second-order valence-corrected chi connectivity index (χ2v) is 6.04. The quantitative estimate of drug-likeness (QED) is 0.876. The predicted molar refractivity (Wildman–Crippen MR) is 79.0 cm³/mol. The molecule has 0 fully saturated rings. The molecule has 0 aromatic carbocycles. The lowest BCUT2D eigenvalue weighted by Gasteiger charge is -2.30. The van der Waals surface area contributed by atoms with E-state index in [0.29, 0.717) is 17.9 Å². The van der Waals surface area contributed by atoms with E-state index in [4.69, 9.17) is 5.73 Å². The molecular weight excluding hydrogens is 224 g/mol. The monoisotopic (exact) mass is 252 g/mol. The van der Waals surface area contributed by atoms with E-state index in [1.807, 2.05) is 11.7 Å². The Balaban J connectivity index is 3.20. The molecule has 0 saturated heterocycles. The average Bonchev–Trinajstić information content (AvgIpc) is 2.51. The van der Waals surface area contributed by atoms with Gasteiger partial charge < -0.3 is 10.6 Å². The van der Waals surface area contributed by atoms with Crippen LogP contribution in [0.15, 0.2) is 0 Å². The van der Waals surface area contributed by atoms with E-state index in [1.165, 1.54) is 0 Å². The first kappa shape index (κ1) is 14.9. The SMILES string of the molecule is CC(C)CN(c1c(N)c(C(C)C)nn1C)C(C)C. The maximum atomic E-state index is 6.29. The van der Waals surface area contributed by atoms with Gasteiger partial charge in [0.1, 0.15) is 0 Å². The molecule has 0 aliphatic heterocycles. The summed E-state index contributed by atoms with van der Waals surface area (Å²) in [5, 5.41) is 4.57. The molecule has 0 radical (unpaired) electrons. The first-order valence-electron chi connectivity index (χ1n) is 6.84. The molecule has 18 heavy (non-hydrogen) atoms. The third kappa shape index (κ3) is 2.98. The molecule has 0 aliphatic rings. The molecular formula is C14H28N4. The number of nitrogens with zero attached hydrogens (tertiary/aromatic N) is 3. The maximum Gasteiger partial charge on any atom is 0.150 e. The third-order valence-electron chi connectivity index (χ3n) is 3.09. The van der Waals surface area contributed by atoms with Crippen LogP contribution >= 0.6 is 0 Å². The topological polar surface area (TPSA) is 47.1 Å². The fourth-order valence-electron chi connectivity index (χ4n) is 2.25. The lowest BCUT2D eigenvalue weighted by Crippen LogP contribution is -2.36. The normalized spacial score (nSPS) is 11.9. The van der Waals surface area contributed by atoms with Crippen molar-refractivity contribution in [2.45, 2.75) is 53.5 Å². The first-order valence-corrected chi connectivity index (χ1v) is 6.84. The Morgan fingerprint density at radius 1 is 1.17 bits per heavy atom. The van der Waals surface area contributed by atoms with Gasteiger partial charge in [0.05, 0.1) is 11.4 Å². The van der Waals surface area contributed by atoms with Crippen LogP contribution in [0.3, 0.4) is 0 Å². The molecule has 2 N–H and O–H groups in total. The molecule has 0 aliphatic carbocycles. The molecule has 104 valence electrons. The average molecular weight is 252 g/mol. The summed E-state index contributed by atoms with van der Waals surface area (Å²) in [4.78, 5) is 2.35. The van der Waals surface area contributed by atoms with Crippen LogP contribution in [0.1, 0.15) is 53.2 Å². The summed E-state index contributed by atoms with van der Waals surface area (Å²) >= 11 is 0. The summed E-state index contributed by atoms with van der Waals surface area (Å²) in [6, 6.07) is 0.421. The van der Waals surface area contributed by atoms with E-state index in [0.717, 1.165) is 23.7 Å². The van der Waals surface area contributed by atoms with E-state index in [1.54, 1.807) is 0 Å². The highest BCUT2D eigenvalue weighted by Gasteiger charge is 2.23. The van der Waals surface area contributed by atoms with Gasteiger partial charge in [-0.15, -0.1) is 0 Å². The number of aromatic nitrogens is 2. The van der Waals surface area contributed by atoms with Gasteiger partial charge in [-0.1, -0.05) is 27.7 Å². The molecule has 1 aromatic heterocycles. The van der Waals surface area contributed by atoms with Crippen molar-refractivity contribution in [1.29, 1.82) is 0 Å². The molecule has 0 amide bonds. The Hall–Kier alpha value is -1.19. The van der Waals surface area contributed by atoms with Crippen LogP contribution in [0, 0.1) is 5.92 Å². The Morgan fingerprint density at radius 3 is 2.06 bits per heavy atom. The molecule has 4 nitrogen and oxygen atoms in total. The zero-order valence-corrected chi connectivity index (χ0v) is 12.9. The third-order valence-corrected chi connectivity index (χ3v) is 3.09. The van der Waals surface area contributed by atoms with Crippen molar-refractivity contribution in [1.82, 2.24) is 9.78 Å². The van der Waals surface area contributed by atoms with Crippen molar-refractivity contribution in [2.75, 3.05) is 17.2 Å². The minimum atomic E-state index is 0.359. The van der Waals surface area contributed by atoms with E-state index >= 15 is 0 Å². The van der Waals surface area contributed by atoms with Crippen LogP contribution in [0.5, 0.6) is 0 Å². The fraction of sp³-hybridized carbons (Fsp3) is 0.786. The fourth-order valence-corrected chi connectivity index (χ4v) is 2.25. The van der Waals surface area contributed by atoms with Gasteiger partial charge in [-0.2, -0.15) is 5.10 Å². The molecule has 0 atom stereocenters. The van der Waals surface area contributed by atoms with Crippen molar-refractivity contribution in [3.8, 4) is 0 Å². The van der Waals surface area contributed by atoms with Crippen LogP contribution in [0.4, 0.5) is 11.5 Å². The van der Waals surface area contributed by atoms with Crippen LogP contribution in [-0.4, -0.2) is 22.4 Å². The Kier molecular flexibility index (Phi) is 4.65. The van der Waals surface area contributed by atoms with Crippen molar-refractivity contribution in [2.24, 2.45) is 13.0 Å². The summed E-state index contributed by atoms with van der Waals surface area (Å²) in [6.07, 6.45) is 0. The second-order valence-electron chi connectivity index (χ2n) is 6.04. The number of hydrogen-bond donors (Lipinski definition) is 1. The number of nitrogens with two attached hydrogens (primary N) is 1. The molecule has 4 heteroatoms. The molecule has 1 aromatic rings. The van der Waals surface area contributed by atoms with Gasteiger partial charge in [-0.05, 0) is 25.7 Å². The van der Waals surface area contributed by atoms with Gasteiger partial charge in [0.15, 0.2) is 5.82 Å². The Labute approximate surface area is 111 Å². The van der Waals surface area contributed by atoms with Crippen molar-refractivity contribution >= 4 is 11.5 Å². The van der Waals surface area contributed by atoms with E-state index in [9.17, 15) is 0 Å². The minimum Gasteiger partial charge on any atom is -0.394 e. The number of rotatable bonds is 5. The van der Waals surface area contributed by atoms with E-state index < -0.39 is 0 Å². The van der Waals surface area contributed by atoms with Crippen molar-refractivity contribution in [3.63, 3.8) is 0 Å². The molecule has 0 unspecified atom stereocenters. The van der Waals surface area contributed by atoms with Gasteiger partial charge in [0, 0.05) is 19.6 Å². The number of anilines is 2. The van der Waals surface area contributed by atoms with Gasteiger partial charge in [-0.25, -0.2) is 0 Å². The summed E-state index contributed by atoms with van der Waals surface area (Å²) in [5.74, 6) is 2.02. The summed E-state index contributed by atoms with van der Waals surface area (Å²) in [5.41, 5.74) is 8.13. The predicted octanol–water partition coefficient (Wildman–Crippen LogP) is 3.00. The van der Waals surface area contributed by atoms with Crippen LogP contribution in [-0.2, 0) is 7.05 Å². The minimum absolute atomic E-state index is 0.359. The summed E-state index contributed by atoms with van der Waals surface area (Å²) < 4.78 is 1.92. The molecule has 0 spiro atoms. The zero-order chi connectivity index (χ0) is 14.0. The van der Waals surface area contributed by atoms with Gasteiger partial charge in [-0.3, -0.25) is 4.68 Å². The highest BCUT2D eigenvalue weighted by molar-refractivity contribution is 5.67. The summed E-state index contributed by atoms with van der Waals surface area (Å²) in [6.45, 7) is 14.1. The lowest BCUT2D eigenvalue weighted by atomic mass is 10.1. The smallest absolute Gasteiger partial charge is 0.150 e. The van der Waals surface area contributed by atoms with Crippen LogP contribution < -0.4 is 10.6 Å². The van der Waals surface area contributed by atoms with Gasteiger partial charge >= 0.3 is 0 Å². The van der Waals surface area contributed by atoms with E-state index in [2.05, 4.69) is 51.5 Å². The highest BCUT2D eigenvalue weighted by atomic mass is 15.4. The standard InChI is InChI=1S/C14H28N4/c1-9(2)8-18(11(5)6)14-12(15)13(10(3)4)16-17(14)7/h9-11H,8,15H2,1-7H3. The first-order chi connectivity index (χ1) is 8.25. The molecule has 0 bridgehead atoms. The molecule has 0 saturated carbocycles. The number of nitrogen functional groups attached to an aromatic ring is 1. The molecule has 1 heterocycles. The van der Waals surface area contributed by atoms with Gasteiger partial charge in [0.2, 0.25) is 0 Å². The number of aryl methyl sites for hydroxylation is 1. The number of hydrogen-bond acceptors (Lipinski definition) is 3. The van der Waals surface area contributed by atoms with Crippen LogP contribution in [0.2, 0.25) is 0 Å². The van der Waals surface area contributed by atoms with Crippen molar-refractivity contribution in [3.05, 3.63) is 5.69 Å². The Bertz CT molecular complexity index is 391. The van der Waals surface area contributed by atoms with E-state index in [-0.39, 0.29) is 0 Å². The van der Waals surface area contributed by atoms with Crippen LogP contribution in [0.25, 0.3) is 0 Å². The second kappa shape index (κ2) is 5.63. The lowest BCUT2D eigenvalue weighted by molar-refractivity contribution is 0.553. The van der Waals surface area contributed by atoms with Gasteiger partial charge in [0.25, 0.3) is 0 Å². The largest absolute Gasteiger partial charge is 0.394 e. The Morgan fingerprint density at radius 2 is 1.72 bits per heavy atom. The zero-order valence-electron chi connectivity index (χ0n) is 12.9. The van der Waals surface area contributed by atoms with Crippen molar-refractivity contribution < 1.29 is 0 Å². The summed E-state index contributed by atoms with van der Waals surface area (Å²) in [7, 11) is 1.98. The maximum absolute atomic E-state index is 6.29. The molecule has 1 rings (SSSR count). The highest BCUT2D eigenvalue weighted by Crippen LogP contribution is 2.32.